The Kier molecular flexibility index (Phi) is 5.80. The van der Waals surface area contributed by atoms with Crippen LogP contribution < -0.4 is 0 Å². The van der Waals surface area contributed by atoms with Crippen molar-refractivity contribution in [3.05, 3.63) is 35.4 Å². The monoisotopic (exact) mass is 288 g/mol. The highest BCUT2D eigenvalue weighted by atomic mass is 16.2. The van der Waals surface area contributed by atoms with Crippen molar-refractivity contribution in [2.75, 3.05) is 33.7 Å². The van der Waals surface area contributed by atoms with Crippen molar-refractivity contribution in [3.63, 3.8) is 0 Å². The number of hydrogen-bond acceptors (Lipinski definition) is 2. The molecule has 2 rings (SSSR count). The van der Waals surface area contributed by atoms with Crippen LogP contribution in [0.1, 0.15) is 30.4 Å². The zero-order valence-electron chi connectivity index (χ0n) is 13.6. The molecule has 0 unspecified atom stereocenters. The standard InChI is InChI=1S/C18H28N2O/c1-15-5-4-6-16(13-15)7-8-18(21)20-11-9-17(10-12-20)14-19(2)3/h4-6,13,17H,7-12,14H2,1-3H3. The first-order chi connectivity index (χ1) is 10.0. The van der Waals surface area contributed by atoms with Crippen LogP contribution in [0.25, 0.3) is 0 Å². The van der Waals surface area contributed by atoms with E-state index in [1.54, 1.807) is 0 Å². The fourth-order valence-corrected chi connectivity index (χ4v) is 3.16. The Hall–Kier alpha value is -1.35. The molecule has 0 aliphatic carbocycles. The molecule has 1 saturated heterocycles. The van der Waals surface area contributed by atoms with Crippen LogP contribution in [0.15, 0.2) is 24.3 Å². The lowest BCUT2D eigenvalue weighted by Gasteiger charge is -2.33. The zero-order valence-corrected chi connectivity index (χ0v) is 13.6. The Bertz CT molecular complexity index is 462. The second-order valence-electron chi connectivity index (χ2n) is 6.58. The molecule has 3 nitrogen and oxygen atoms in total. The Balaban J connectivity index is 1.75. The van der Waals surface area contributed by atoms with Gasteiger partial charge in [0.15, 0.2) is 0 Å². The first kappa shape index (κ1) is 16.0. The Labute approximate surface area is 128 Å². The normalized spacial score (nSPS) is 16.5. The summed E-state index contributed by atoms with van der Waals surface area (Å²) in [5.41, 5.74) is 2.54. The molecule has 0 aromatic heterocycles. The van der Waals surface area contributed by atoms with E-state index in [4.69, 9.17) is 0 Å². The summed E-state index contributed by atoms with van der Waals surface area (Å²) in [5.74, 6) is 1.07. The SMILES string of the molecule is Cc1cccc(CCC(=O)N2CCC(CN(C)C)CC2)c1. The second-order valence-corrected chi connectivity index (χ2v) is 6.58. The summed E-state index contributed by atoms with van der Waals surface area (Å²) in [4.78, 5) is 16.6. The number of hydrogen-bond donors (Lipinski definition) is 0. The minimum atomic E-state index is 0.319. The molecule has 1 aliphatic heterocycles. The second kappa shape index (κ2) is 7.60. The molecule has 1 aliphatic rings. The van der Waals surface area contributed by atoms with Gasteiger partial charge >= 0.3 is 0 Å². The van der Waals surface area contributed by atoms with Crippen molar-refractivity contribution in [2.24, 2.45) is 5.92 Å². The molecule has 0 bridgehead atoms. The van der Waals surface area contributed by atoms with Crippen molar-refractivity contribution in [1.29, 1.82) is 0 Å². The van der Waals surface area contributed by atoms with Gasteiger partial charge in [0, 0.05) is 26.1 Å². The van der Waals surface area contributed by atoms with Crippen LogP contribution in [0, 0.1) is 12.8 Å². The van der Waals surface area contributed by atoms with Gasteiger partial charge in [-0.05, 0) is 51.8 Å². The van der Waals surface area contributed by atoms with Gasteiger partial charge in [-0.15, -0.1) is 0 Å². The Morgan fingerprint density at radius 3 is 2.62 bits per heavy atom. The van der Waals surface area contributed by atoms with Gasteiger partial charge < -0.3 is 9.80 Å². The van der Waals surface area contributed by atoms with Crippen LogP contribution >= 0.6 is 0 Å². The number of likely N-dealkylation sites (tertiary alicyclic amines) is 1. The highest BCUT2D eigenvalue weighted by molar-refractivity contribution is 5.76. The lowest BCUT2D eigenvalue weighted by atomic mass is 9.96. The molecule has 1 amide bonds. The van der Waals surface area contributed by atoms with Gasteiger partial charge in [0.05, 0.1) is 0 Å². The molecule has 0 N–H and O–H groups in total. The predicted molar refractivity (Wildman–Crippen MR) is 87.4 cm³/mol. The van der Waals surface area contributed by atoms with E-state index in [2.05, 4.69) is 55.1 Å². The summed E-state index contributed by atoms with van der Waals surface area (Å²) in [7, 11) is 4.25. The quantitative estimate of drug-likeness (QED) is 0.832. The number of rotatable bonds is 5. The summed E-state index contributed by atoms with van der Waals surface area (Å²) in [6.07, 6.45) is 3.79. The molecule has 0 saturated carbocycles. The summed E-state index contributed by atoms with van der Waals surface area (Å²) in [6, 6.07) is 8.46. The van der Waals surface area contributed by atoms with E-state index in [1.165, 1.54) is 11.1 Å². The van der Waals surface area contributed by atoms with Gasteiger partial charge in [0.2, 0.25) is 5.91 Å². The molecule has 1 heterocycles. The number of amides is 1. The summed E-state index contributed by atoms with van der Waals surface area (Å²) >= 11 is 0. The summed E-state index contributed by atoms with van der Waals surface area (Å²) in [5, 5.41) is 0. The van der Waals surface area contributed by atoms with E-state index in [-0.39, 0.29) is 0 Å². The maximum atomic E-state index is 12.3. The lowest BCUT2D eigenvalue weighted by molar-refractivity contribution is -0.132. The van der Waals surface area contributed by atoms with Crippen LogP contribution in [0.5, 0.6) is 0 Å². The van der Waals surface area contributed by atoms with Crippen molar-refractivity contribution < 1.29 is 4.79 Å². The van der Waals surface area contributed by atoms with Gasteiger partial charge in [-0.25, -0.2) is 0 Å². The maximum Gasteiger partial charge on any atom is 0.222 e. The Morgan fingerprint density at radius 2 is 2.00 bits per heavy atom. The minimum Gasteiger partial charge on any atom is -0.343 e. The third-order valence-corrected chi connectivity index (χ3v) is 4.30. The van der Waals surface area contributed by atoms with Gasteiger partial charge in [-0.1, -0.05) is 29.8 Å². The molecule has 0 radical (unpaired) electrons. The van der Waals surface area contributed by atoms with Crippen molar-refractivity contribution in [2.45, 2.75) is 32.6 Å². The number of carbonyl (C=O) groups is 1. The molecule has 1 fully saturated rings. The molecule has 3 heteroatoms. The highest BCUT2D eigenvalue weighted by Gasteiger charge is 2.22. The third-order valence-electron chi connectivity index (χ3n) is 4.30. The van der Waals surface area contributed by atoms with Gasteiger partial charge in [-0.3, -0.25) is 4.79 Å². The first-order valence-corrected chi connectivity index (χ1v) is 8.02. The predicted octanol–water partition coefficient (Wildman–Crippen LogP) is 2.73. The number of carbonyl (C=O) groups excluding carboxylic acids is 1. The maximum absolute atomic E-state index is 12.3. The molecule has 116 valence electrons. The van der Waals surface area contributed by atoms with Crippen molar-refractivity contribution >= 4 is 5.91 Å². The van der Waals surface area contributed by atoms with Crippen LogP contribution in [-0.4, -0.2) is 49.4 Å². The van der Waals surface area contributed by atoms with Crippen LogP contribution in [0.3, 0.4) is 0 Å². The Morgan fingerprint density at radius 1 is 1.29 bits per heavy atom. The molecule has 0 spiro atoms. The molecule has 1 aromatic rings. The average molecular weight is 288 g/mol. The molecule has 21 heavy (non-hydrogen) atoms. The summed E-state index contributed by atoms with van der Waals surface area (Å²) in [6.45, 7) is 5.11. The number of benzene rings is 1. The number of piperidine rings is 1. The average Bonchev–Trinajstić information content (AvgIpc) is 2.45. The van der Waals surface area contributed by atoms with Crippen molar-refractivity contribution in [3.8, 4) is 0 Å². The topological polar surface area (TPSA) is 23.6 Å². The van der Waals surface area contributed by atoms with Gasteiger partial charge in [-0.2, -0.15) is 0 Å². The van der Waals surface area contributed by atoms with Crippen LogP contribution in [-0.2, 0) is 11.2 Å². The van der Waals surface area contributed by atoms with E-state index >= 15 is 0 Å². The van der Waals surface area contributed by atoms with E-state index in [1.807, 2.05) is 0 Å². The number of aryl methyl sites for hydroxylation is 2. The van der Waals surface area contributed by atoms with Gasteiger partial charge in [0.1, 0.15) is 0 Å². The molecular weight excluding hydrogens is 260 g/mol. The molecular formula is C18H28N2O. The fraction of sp³-hybridized carbons (Fsp3) is 0.611. The smallest absolute Gasteiger partial charge is 0.222 e. The molecule has 0 atom stereocenters. The van der Waals surface area contributed by atoms with E-state index in [0.717, 1.165) is 44.8 Å². The zero-order chi connectivity index (χ0) is 15.2. The van der Waals surface area contributed by atoms with E-state index < -0.39 is 0 Å². The van der Waals surface area contributed by atoms with E-state index in [9.17, 15) is 4.79 Å². The first-order valence-electron chi connectivity index (χ1n) is 8.02. The molecule has 1 aromatic carbocycles. The highest BCUT2D eigenvalue weighted by Crippen LogP contribution is 2.19. The van der Waals surface area contributed by atoms with Gasteiger partial charge in [0.25, 0.3) is 0 Å². The lowest BCUT2D eigenvalue weighted by Crippen LogP contribution is -2.40. The fourth-order valence-electron chi connectivity index (χ4n) is 3.16. The van der Waals surface area contributed by atoms with Crippen LogP contribution in [0.4, 0.5) is 0 Å². The minimum absolute atomic E-state index is 0.319. The van der Waals surface area contributed by atoms with Crippen molar-refractivity contribution in [1.82, 2.24) is 9.80 Å². The number of nitrogens with zero attached hydrogens (tertiary/aromatic N) is 2. The van der Waals surface area contributed by atoms with E-state index in [0.29, 0.717) is 12.3 Å². The largest absolute Gasteiger partial charge is 0.343 e. The van der Waals surface area contributed by atoms with Crippen LogP contribution in [0.2, 0.25) is 0 Å². The summed E-state index contributed by atoms with van der Waals surface area (Å²) < 4.78 is 0. The third kappa shape index (κ3) is 5.16.